The topological polar surface area (TPSA) is 96.1 Å². The fourth-order valence-corrected chi connectivity index (χ4v) is 4.24. The molecule has 5 rings (SSSR count). The number of hydrogen-bond donors (Lipinski definition) is 3. The highest BCUT2D eigenvalue weighted by Crippen LogP contribution is 2.44. The number of aromatic amines is 1. The lowest BCUT2D eigenvalue weighted by molar-refractivity contribution is 0.103. The van der Waals surface area contributed by atoms with Crippen molar-refractivity contribution in [1.82, 2.24) is 9.97 Å². The maximum Gasteiger partial charge on any atom is 0.277 e. The zero-order chi connectivity index (χ0) is 20.8. The first kappa shape index (κ1) is 18.5. The zero-order valence-electron chi connectivity index (χ0n) is 16.3. The van der Waals surface area contributed by atoms with Crippen molar-refractivity contribution in [3.63, 3.8) is 0 Å². The Morgan fingerprint density at radius 1 is 1.03 bits per heavy atom. The average Bonchev–Trinajstić information content (AvgIpc) is 2.94. The van der Waals surface area contributed by atoms with Crippen molar-refractivity contribution in [2.45, 2.75) is 11.2 Å². The van der Waals surface area contributed by atoms with Crippen molar-refractivity contribution in [3.05, 3.63) is 81.1 Å². The molecule has 1 aromatic heterocycles. The van der Waals surface area contributed by atoms with Crippen LogP contribution in [-0.2, 0) is 0 Å². The summed E-state index contributed by atoms with van der Waals surface area (Å²) in [5, 5.41) is 7.04. The van der Waals surface area contributed by atoms with Gasteiger partial charge in [0.2, 0.25) is 0 Å². The smallest absolute Gasteiger partial charge is 0.277 e. The number of hydrogen-bond acceptors (Lipinski definition) is 7. The largest absolute Gasteiger partial charge is 0.497 e. The number of fused-ring (bicyclic) bond motifs is 3. The number of nitrogens with zero attached hydrogens (tertiary/aromatic N) is 1. The number of ether oxygens (including phenoxy) is 1. The Labute approximate surface area is 176 Å². The van der Waals surface area contributed by atoms with Gasteiger partial charge in [-0.25, -0.2) is 4.98 Å². The van der Waals surface area contributed by atoms with E-state index in [-0.39, 0.29) is 11.3 Å². The van der Waals surface area contributed by atoms with E-state index in [4.69, 9.17) is 4.74 Å². The SMILES string of the molecule is COc1ccc(C2Nc3nc(SC)[nH]c(=O)c3NC3=C2C(=O)c2ccccc23)cc1. The molecular weight excluding hydrogens is 400 g/mol. The molecule has 0 amide bonds. The summed E-state index contributed by atoms with van der Waals surface area (Å²) in [6, 6.07) is 14.4. The van der Waals surface area contributed by atoms with Gasteiger partial charge in [0.1, 0.15) is 11.4 Å². The van der Waals surface area contributed by atoms with Gasteiger partial charge in [-0.3, -0.25) is 14.6 Å². The number of H-pyrrole nitrogens is 1. The highest BCUT2D eigenvalue weighted by atomic mass is 32.2. The molecular formula is C22H18N4O3S. The van der Waals surface area contributed by atoms with Gasteiger partial charge in [0.05, 0.1) is 24.4 Å². The molecule has 0 radical (unpaired) electrons. The molecule has 150 valence electrons. The van der Waals surface area contributed by atoms with Gasteiger partial charge in [-0.15, -0.1) is 0 Å². The number of rotatable bonds is 3. The number of methoxy groups -OCH3 is 1. The van der Waals surface area contributed by atoms with Crippen molar-refractivity contribution < 1.29 is 9.53 Å². The van der Waals surface area contributed by atoms with E-state index in [1.54, 1.807) is 13.2 Å². The molecule has 3 N–H and O–H groups in total. The minimum Gasteiger partial charge on any atom is -0.497 e. The summed E-state index contributed by atoms with van der Waals surface area (Å²) in [5.74, 6) is 1.06. The van der Waals surface area contributed by atoms with Crippen molar-refractivity contribution in [2.24, 2.45) is 0 Å². The first-order chi connectivity index (χ1) is 14.6. The number of carbonyl (C=O) groups is 1. The molecule has 1 atom stereocenters. The quantitative estimate of drug-likeness (QED) is 0.441. The number of carbonyl (C=O) groups excluding carboxylic acids is 1. The third-order valence-corrected chi connectivity index (χ3v) is 5.89. The molecule has 1 aliphatic carbocycles. The Bertz CT molecular complexity index is 1260. The Morgan fingerprint density at radius 3 is 2.47 bits per heavy atom. The number of ketones is 1. The molecule has 30 heavy (non-hydrogen) atoms. The highest BCUT2D eigenvalue weighted by molar-refractivity contribution is 7.98. The molecule has 2 aliphatic rings. The molecule has 0 saturated heterocycles. The first-order valence-electron chi connectivity index (χ1n) is 9.34. The molecule has 7 nitrogen and oxygen atoms in total. The number of aromatic nitrogens is 2. The van der Waals surface area contributed by atoms with Gasteiger partial charge in [-0.1, -0.05) is 48.2 Å². The molecule has 0 fully saturated rings. The zero-order valence-corrected chi connectivity index (χ0v) is 17.1. The summed E-state index contributed by atoms with van der Waals surface area (Å²) >= 11 is 1.34. The van der Waals surface area contributed by atoms with E-state index in [1.807, 2.05) is 48.7 Å². The maximum absolute atomic E-state index is 13.4. The van der Waals surface area contributed by atoms with Crippen LogP contribution in [0.1, 0.15) is 27.5 Å². The Kier molecular flexibility index (Phi) is 4.36. The van der Waals surface area contributed by atoms with Crippen molar-refractivity contribution in [2.75, 3.05) is 24.0 Å². The number of Topliss-reactive ketones (excluding diaryl/α,β-unsaturated/α-hetero) is 1. The first-order valence-corrected chi connectivity index (χ1v) is 10.6. The normalized spacial score (nSPS) is 16.7. The number of nitrogens with one attached hydrogen (secondary N) is 3. The fourth-order valence-electron chi connectivity index (χ4n) is 3.86. The predicted octanol–water partition coefficient (Wildman–Crippen LogP) is 3.69. The number of thioether (sulfide) groups is 1. The lowest BCUT2D eigenvalue weighted by atomic mass is 9.95. The highest BCUT2D eigenvalue weighted by Gasteiger charge is 2.38. The van der Waals surface area contributed by atoms with Gasteiger partial charge in [0.15, 0.2) is 16.8 Å². The van der Waals surface area contributed by atoms with Gasteiger partial charge in [-0.2, -0.15) is 0 Å². The Morgan fingerprint density at radius 2 is 1.77 bits per heavy atom. The number of anilines is 2. The summed E-state index contributed by atoms with van der Waals surface area (Å²) in [4.78, 5) is 33.5. The molecule has 0 saturated carbocycles. The Hall–Kier alpha value is -3.52. The van der Waals surface area contributed by atoms with Gasteiger partial charge < -0.3 is 15.4 Å². The van der Waals surface area contributed by atoms with Crippen LogP contribution in [0.3, 0.4) is 0 Å². The molecule has 0 bridgehead atoms. The molecule has 0 spiro atoms. The fraction of sp³-hybridized carbons (Fsp3) is 0.136. The van der Waals surface area contributed by atoms with Crippen LogP contribution in [0.25, 0.3) is 5.70 Å². The summed E-state index contributed by atoms with van der Waals surface area (Å²) in [6.07, 6.45) is 1.84. The molecule has 3 aromatic rings. The monoisotopic (exact) mass is 418 g/mol. The van der Waals surface area contributed by atoms with Crippen LogP contribution in [0.15, 0.2) is 64.1 Å². The van der Waals surface area contributed by atoms with Crippen LogP contribution in [-0.4, -0.2) is 29.1 Å². The van der Waals surface area contributed by atoms with E-state index < -0.39 is 6.04 Å². The van der Waals surface area contributed by atoms with Crippen LogP contribution in [0.5, 0.6) is 5.75 Å². The average molecular weight is 418 g/mol. The standard InChI is InChI=1S/C22H18N4O3S/c1-29-12-9-7-11(8-10-12)16-15-17(13-5-3-4-6-14(13)19(15)27)23-18-20(24-16)25-22(30-2)26-21(18)28/h3-10,16,23H,1-2H3,(H2,24,25,26,28). The summed E-state index contributed by atoms with van der Waals surface area (Å²) in [5.41, 5.74) is 3.45. The van der Waals surface area contributed by atoms with Crippen molar-refractivity contribution >= 4 is 34.7 Å². The third-order valence-electron chi connectivity index (χ3n) is 5.31. The maximum atomic E-state index is 13.4. The Balaban J connectivity index is 1.74. The summed E-state index contributed by atoms with van der Waals surface area (Å²) in [7, 11) is 1.61. The van der Waals surface area contributed by atoms with Crippen LogP contribution in [0.4, 0.5) is 11.5 Å². The van der Waals surface area contributed by atoms with E-state index in [1.165, 1.54) is 11.8 Å². The molecule has 1 aliphatic heterocycles. The van der Waals surface area contributed by atoms with Crippen molar-refractivity contribution in [1.29, 1.82) is 0 Å². The summed E-state index contributed by atoms with van der Waals surface area (Å²) in [6.45, 7) is 0. The van der Waals surface area contributed by atoms with E-state index in [9.17, 15) is 9.59 Å². The molecule has 8 heteroatoms. The molecule has 1 unspecified atom stereocenters. The minimum absolute atomic E-state index is 0.0734. The lowest BCUT2D eigenvalue weighted by Crippen LogP contribution is -2.20. The molecule has 2 aromatic carbocycles. The van der Waals surface area contributed by atoms with Crippen LogP contribution < -0.4 is 20.9 Å². The molecule has 2 heterocycles. The van der Waals surface area contributed by atoms with E-state index in [0.717, 1.165) is 16.9 Å². The van der Waals surface area contributed by atoms with E-state index in [2.05, 4.69) is 20.6 Å². The van der Waals surface area contributed by atoms with Crippen LogP contribution in [0.2, 0.25) is 0 Å². The van der Waals surface area contributed by atoms with Crippen LogP contribution >= 0.6 is 11.8 Å². The third kappa shape index (κ3) is 2.80. The van der Waals surface area contributed by atoms with E-state index in [0.29, 0.717) is 33.5 Å². The number of benzene rings is 2. The second kappa shape index (κ2) is 7.07. The van der Waals surface area contributed by atoms with Gasteiger partial charge >= 0.3 is 0 Å². The van der Waals surface area contributed by atoms with Gasteiger partial charge in [-0.05, 0) is 24.0 Å². The van der Waals surface area contributed by atoms with Gasteiger partial charge in [0, 0.05) is 11.1 Å². The minimum atomic E-state index is -0.483. The van der Waals surface area contributed by atoms with Crippen molar-refractivity contribution in [3.8, 4) is 5.75 Å². The summed E-state index contributed by atoms with van der Waals surface area (Å²) < 4.78 is 5.27. The predicted molar refractivity (Wildman–Crippen MR) is 117 cm³/mol. The van der Waals surface area contributed by atoms with Gasteiger partial charge in [0.25, 0.3) is 5.56 Å². The van der Waals surface area contributed by atoms with E-state index >= 15 is 0 Å². The lowest BCUT2D eigenvalue weighted by Gasteiger charge is -2.20. The second-order valence-corrected chi connectivity index (χ2v) is 7.73. The van der Waals surface area contributed by atoms with Crippen LogP contribution in [0, 0.1) is 0 Å². The second-order valence-electron chi connectivity index (χ2n) is 6.94.